The number of carbonyl (C=O) groups excluding carboxylic acids is 1. The van der Waals surface area contributed by atoms with Gasteiger partial charge in [0.15, 0.2) is 5.13 Å². The zero-order chi connectivity index (χ0) is 16.9. The largest absolute Gasteiger partial charge is 0.377 e. The molecule has 1 atom stereocenters. The number of piperidine rings is 1. The molecule has 0 aromatic carbocycles. The van der Waals surface area contributed by atoms with Crippen LogP contribution in [0.15, 0.2) is 0 Å². The minimum absolute atomic E-state index is 0.0201. The first-order valence-corrected chi connectivity index (χ1v) is 9.83. The van der Waals surface area contributed by atoms with E-state index in [2.05, 4.69) is 20.5 Å². The zero-order valence-electron chi connectivity index (χ0n) is 14.6. The summed E-state index contributed by atoms with van der Waals surface area (Å²) in [6.45, 7) is 8.78. The van der Waals surface area contributed by atoms with E-state index in [0.29, 0.717) is 6.10 Å². The number of amides is 1. The Hall–Kier alpha value is -1.18. The van der Waals surface area contributed by atoms with Crippen LogP contribution < -0.4 is 10.6 Å². The average Bonchev–Trinajstić information content (AvgIpc) is 3.19. The molecule has 0 bridgehead atoms. The molecule has 2 aliphatic rings. The molecule has 0 spiro atoms. The Morgan fingerprint density at radius 1 is 1.38 bits per heavy atom. The van der Waals surface area contributed by atoms with Crippen molar-refractivity contribution in [3.63, 3.8) is 0 Å². The highest BCUT2D eigenvalue weighted by Crippen LogP contribution is 2.23. The fraction of sp³-hybridized carbons (Fsp3) is 0.765. The maximum Gasteiger partial charge on any atom is 0.263 e. The predicted molar refractivity (Wildman–Crippen MR) is 96.9 cm³/mol. The second-order valence-corrected chi connectivity index (χ2v) is 7.65. The van der Waals surface area contributed by atoms with Crippen molar-refractivity contribution in [2.45, 2.75) is 51.7 Å². The van der Waals surface area contributed by atoms with Crippen LogP contribution in [0.25, 0.3) is 0 Å². The molecular weight excluding hydrogens is 324 g/mol. The van der Waals surface area contributed by atoms with Crippen molar-refractivity contribution in [2.75, 3.05) is 38.1 Å². The van der Waals surface area contributed by atoms with Crippen LogP contribution in [0.2, 0.25) is 0 Å². The molecule has 134 valence electrons. The van der Waals surface area contributed by atoms with Crippen LogP contribution in [0.1, 0.15) is 48.0 Å². The molecule has 2 aliphatic heterocycles. The van der Waals surface area contributed by atoms with Gasteiger partial charge >= 0.3 is 0 Å². The number of rotatable bonds is 6. The summed E-state index contributed by atoms with van der Waals surface area (Å²) in [5.74, 6) is 0.0201. The Kier molecular flexibility index (Phi) is 6.08. The summed E-state index contributed by atoms with van der Waals surface area (Å²) in [5.41, 5.74) is 0.810. The van der Waals surface area contributed by atoms with E-state index in [4.69, 9.17) is 4.74 Å². The van der Waals surface area contributed by atoms with Crippen LogP contribution in [-0.2, 0) is 4.74 Å². The second-order valence-electron chi connectivity index (χ2n) is 6.65. The maximum absolute atomic E-state index is 12.5. The van der Waals surface area contributed by atoms with Gasteiger partial charge in [0.2, 0.25) is 0 Å². The van der Waals surface area contributed by atoms with E-state index >= 15 is 0 Å². The molecule has 2 saturated heterocycles. The molecule has 24 heavy (non-hydrogen) atoms. The zero-order valence-corrected chi connectivity index (χ0v) is 15.5. The summed E-state index contributed by atoms with van der Waals surface area (Å²) in [6, 6.07) is 0.266. The van der Waals surface area contributed by atoms with E-state index < -0.39 is 0 Å². The fourth-order valence-corrected chi connectivity index (χ4v) is 4.36. The highest BCUT2D eigenvalue weighted by Gasteiger charge is 2.25. The van der Waals surface area contributed by atoms with Gasteiger partial charge in [-0.3, -0.25) is 4.79 Å². The molecule has 1 amide bonds. The highest BCUT2D eigenvalue weighted by atomic mass is 32.1. The van der Waals surface area contributed by atoms with Crippen molar-refractivity contribution >= 4 is 22.4 Å². The van der Waals surface area contributed by atoms with Gasteiger partial charge in [0, 0.05) is 38.8 Å². The smallest absolute Gasteiger partial charge is 0.263 e. The lowest BCUT2D eigenvalue weighted by Crippen LogP contribution is -2.46. The topological polar surface area (TPSA) is 66.5 Å². The summed E-state index contributed by atoms with van der Waals surface area (Å²) < 4.78 is 5.72. The van der Waals surface area contributed by atoms with Gasteiger partial charge in [-0.15, -0.1) is 0 Å². The quantitative estimate of drug-likeness (QED) is 0.822. The standard InChI is InChI=1S/C17H28N4O2S/c1-3-18-17-19-12(2)15(24-17)16(22)20-13-6-8-21(9-7-13)11-14-5-4-10-23-14/h13-14H,3-11H2,1-2H3,(H,18,19)(H,20,22)/t14-/m1/s1. The third kappa shape index (κ3) is 4.46. The Balaban J connectivity index is 1.46. The molecule has 2 fully saturated rings. The van der Waals surface area contributed by atoms with Crippen LogP contribution in [0.4, 0.5) is 5.13 Å². The SMILES string of the molecule is CCNc1nc(C)c(C(=O)NC2CCN(C[C@H]3CCCO3)CC2)s1. The lowest BCUT2D eigenvalue weighted by molar-refractivity contribution is 0.0613. The monoisotopic (exact) mass is 352 g/mol. The molecule has 1 aromatic heterocycles. The Labute approximate surface area is 148 Å². The van der Waals surface area contributed by atoms with Crippen LogP contribution in [0, 0.1) is 6.92 Å². The minimum Gasteiger partial charge on any atom is -0.377 e. The average molecular weight is 353 g/mol. The van der Waals surface area contributed by atoms with Gasteiger partial charge < -0.3 is 20.3 Å². The van der Waals surface area contributed by atoms with Gasteiger partial charge in [-0.1, -0.05) is 11.3 Å². The molecular formula is C17H28N4O2S. The summed E-state index contributed by atoms with van der Waals surface area (Å²) in [6.07, 6.45) is 4.82. The molecule has 0 aliphatic carbocycles. The summed E-state index contributed by atoms with van der Waals surface area (Å²) in [4.78, 5) is 20.1. The minimum atomic E-state index is 0.0201. The van der Waals surface area contributed by atoms with Crippen molar-refractivity contribution in [2.24, 2.45) is 0 Å². The van der Waals surface area contributed by atoms with Crippen molar-refractivity contribution in [3.8, 4) is 0 Å². The lowest BCUT2D eigenvalue weighted by atomic mass is 10.0. The maximum atomic E-state index is 12.5. The third-order valence-corrected chi connectivity index (χ3v) is 5.85. The summed E-state index contributed by atoms with van der Waals surface area (Å²) >= 11 is 1.44. The van der Waals surface area contributed by atoms with E-state index in [9.17, 15) is 4.79 Å². The number of anilines is 1. The van der Waals surface area contributed by atoms with Crippen LogP contribution >= 0.6 is 11.3 Å². The van der Waals surface area contributed by atoms with Crippen molar-refractivity contribution in [3.05, 3.63) is 10.6 Å². The molecule has 0 saturated carbocycles. The Bertz CT molecular complexity index is 549. The van der Waals surface area contributed by atoms with Crippen molar-refractivity contribution in [1.82, 2.24) is 15.2 Å². The second kappa shape index (κ2) is 8.27. The van der Waals surface area contributed by atoms with Gasteiger partial charge in [0.1, 0.15) is 4.88 Å². The molecule has 6 nitrogen and oxygen atoms in total. The van der Waals surface area contributed by atoms with E-state index in [1.807, 2.05) is 13.8 Å². The van der Waals surface area contributed by atoms with Gasteiger partial charge in [-0.05, 0) is 39.5 Å². The van der Waals surface area contributed by atoms with Crippen LogP contribution in [0.5, 0.6) is 0 Å². The number of aryl methyl sites for hydroxylation is 1. The van der Waals surface area contributed by atoms with Gasteiger partial charge in [-0.2, -0.15) is 0 Å². The normalized spacial score (nSPS) is 22.7. The lowest BCUT2D eigenvalue weighted by Gasteiger charge is -2.33. The van der Waals surface area contributed by atoms with Crippen LogP contribution in [0.3, 0.4) is 0 Å². The fourth-order valence-electron chi connectivity index (χ4n) is 3.42. The molecule has 3 heterocycles. The molecule has 1 aromatic rings. The van der Waals surface area contributed by atoms with E-state index in [-0.39, 0.29) is 11.9 Å². The Morgan fingerprint density at radius 3 is 2.83 bits per heavy atom. The number of nitrogens with one attached hydrogen (secondary N) is 2. The van der Waals surface area contributed by atoms with Crippen molar-refractivity contribution in [1.29, 1.82) is 0 Å². The van der Waals surface area contributed by atoms with Gasteiger partial charge in [0.05, 0.1) is 11.8 Å². The summed E-state index contributed by atoms with van der Waals surface area (Å²) in [7, 11) is 0. The number of ether oxygens (including phenoxy) is 1. The number of thiazole rings is 1. The first-order chi connectivity index (χ1) is 11.7. The van der Waals surface area contributed by atoms with Crippen molar-refractivity contribution < 1.29 is 9.53 Å². The third-order valence-electron chi connectivity index (χ3n) is 4.74. The molecule has 2 N–H and O–H groups in total. The van der Waals surface area contributed by atoms with E-state index in [0.717, 1.165) is 61.3 Å². The Morgan fingerprint density at radius 2 is 2.17 bits per heavy atom. The van der Waals surface area contributed by atoms with E-state index in [1.165, 1.54) is 24.2 Å². The van der Waals surface area contributed by atoms with E-state index in [1.54, 1.807) is 0 Å². The van der Waals surface area contributed by atoms with Gasteiger partial charge in [-0.25, -0.2) is 4.98 Å². The number of hydrogen-bond donors (Lipinski definition) is 2. The summed E-state index contributed by atoms with van der Waals surface area (Å²) in [5, 5.41) is 7.19. The predicted octanol–water partition coefficient (Wildman–Crippen LogP) is 2.26. The molecule has 0 unspecified atom stereocenters. The first kappa shape index (κ1) is 17.6. The number of hydrogen-bond acceptors (Lipinski definition) is 6. The number of nitrogens with zero attached hydrogens (tertiary/aromatic N) is 2. The molecule has 0 radical (unpaired) electrons. The molecule has 3 rings (SSSR count). The van der Waals surface area contributed by atoms with Gasteiger partial charge in [0.25, 0.3) is 5.91 Å². The number of carbonyl (C=O) groups is 1. The molecule has 7 heteroatoms. The number of aromatic nitrogens is 1. The highest BCUT2D eigenvalue weighted by molar-refractivity contribution is 7.17. The van der Waals surface area contributed by atoms with Crippen LogP contribution in [-0.4, -0.2) is 60.7 Å². The number of likely N-dealkylation sites (tertiary alicyclic amines) is 1. The first-order valence-electron chi connectivity index (χ1n) is 9.01.